The fourth-order valence-electron chi connectivity index (χ4n) is 3.58. The van der Waals surface area contributed by atoms with Gasteiger partial charge in [0.15, 0.2) is 0 Å². The maximum atomic E-state index is 13.8. The van der Waals surface area contributed by atoms with Crippen LogP contribution in [0.4, 0.5) is 10.1 Å². The summed E-state index contributed by atoms with van der Waals surface area (Å²) in [6, 6.07) is 4.25. The summed E-state index contributed by atoms with van der Waals surface area (Å²) in [6.45, 7) is 7.71. The van der Waals surface area contributed by atoms with Gasteiger partial charge in [-0.2, -0.15) is 0 Å². The monoisotopic (exact) mass is 336 g/mol. The van der Waals surface area contributed by atoms with E-state index in [9.17, 15) is 4.39 Å². The average Bonchev–Trinajstić information content (AvgIpc) is 3.00. The first-order chi connectivity index (χ1) is 12.0. The Hall–Kier alpha value is -2.69. The van der Waals surface area contributed by atoms with Crippen molar-refractivity contribution < 1.29 is 4.39 Å². The van der Waals surface area contributed by atoms with Crippen LogP contribution >= 0.6 is 0 Å². The number of rotatable bonds is 2. The first-order valence-electron chi connectivity index (χ1n) is 8.52. The van der Waals surface area contributed by atoms with Crippen LogP contribution in [0.15, 0.2) is 30.7 Å². The zero-order valence-corrected chi connectivity index (χ0v) is 14.7. The molecule has 5 heteroatoms. The van der Waals surface area contributed by atoms with Crippen molar-refractivity contribution in [3.63, 3.8) is 0 Å². The Morgan fingerprint density at radius 1 is 1.12 bits per heavy atom. The highest BCUT2D eigenvalue weighted by Crippen LogP contribution is 2.31. The Kier molecular flexibility index (Phi) is 3.79. The van der Waals surface area contributed by atoms with Crippen molar-refractivity contribution in [1.82, 2.24) is 15.0 Å². The van der Waals surface area contributed by atoms with Crippen LogP contribution in [0.1, 0.15) is 28.1 Å². The molecule has 0 unspecified atom stereocenters. The van der Waals surface area contributed by atoms with Crippen LogP contribution in [-0.2, 0) is 13.0 Å². The van der Waals surface area contributed by atoms with Gasteiger partial charge in [0.05, 0.1) is 18.1 Å². The molecule has 3 aromatic rings. The molecule has 0 saturated carbocycles. The zero-order valence-electron chi connectivity index (χ0n) is 14.7. The Morgan fingerprint density at radius 2 is 1.96 bits per heavy atom. The van der Waals surface area contributed by atoms with E-state index in [1.807, 2.05) is 13.1 Å². The van der Waals surface area contributed by atoms with Gasteiger partial charge in [-0.1, -0.05) is 0 Å². The largest absolute Gasteiger partial charge is 0.365 e. The number of H-pyrrole nitrogens is 1. The van der Waals surface area contributed by atoms with Gasteiger partial charge in [0, 0.05) is 48.4 Å². The molecule has 1 N–H and O–H groups in total. The van der Waals surface area contributed by atoms with E-state index in [0.29, 0.717) is 5.56 Å². The molecular formula is C20H21FN4. The molecule has 25 heavy (non-hydrogen) atoms. The zero-order chi connectivity index (χ0) is 17.6. The third-order valence-electron chi connectivity index (χ3n) is 4.99. The fraction of sp³-hybridized carbons (Fsp3) is 0.300. The third kappa shape index (κ3) is 2.80. The van der Waals surface area contributed by atoms with Crippen molar-refractivity contribution in [2.75, 3.05) is 11.4 Å². The van der Waals surface area contributed by atoms with Crippen LogP contribution < -0.4 is 4.90 Å². The van der Waals surface area contributed by atoms with E-state index in [1.54, 1.807) is 13.1 Å². The number of nitrogens with one attached hydrogen (secondary N) is 1. The second-order valence-electron chi connectivity index (χ2n) is 6.76. The third-order valence-corrected chi connectivity index (χ3v) is 4.99. The highest BCUT2D eigenvalue weighted by molar-refractivity contribution is 5.65. The summed E-state index contributed by atoms with van der Waals surface area (Å²) < 4.78 is 13.8. The number of hydrogen-bond donors (Lipinski definition) is 1. The molecule has 1 aliphatic rings. The van der Waals surface area contributed by atoms with Gasteiger partial charge in [0.1, 0.15) is 5.82 Å². The van der Waals surface area contributed by atoms with Crippen molar-refractivity contribution in [3.8, 4) is 11.3 Å². The van der Waals surface area contributed by atoms with Gasteiger partial charge in [0.2, 0.25) is 0 Å². The quantitative estimate of drug-likeness (QED) is 0.766. The van der Waals surface area contributed by atoms with E-state index in [2.05, 4.69) is 38.9 Å². The van der Waals surface area contributed by atoms with Crippen molar-refractivity contribution in [2.24, 2.45) is 0 Å². The molecule has 0 radical (unpaired) electrons. The number of fused-ring (bicyclic) bond motifs is 1. The predicted molar refractivity (Wildman–Crippen MR) is 97.2 cm³/mol. The molecule has 0 atom stereocenters. The molecule has 1 aliphatic heterocycles. The van der Waals surface area contributed by atoms with Gasteiger partial charge in [-0.15, -0.1) is 0 Å². The number of anilines is 1. The Bertz CT molecular complexity index is 945. The van der Waals surface area contributed by atoms with Crippen molar-refractivity contribution in [1.29, 1.82) is 0 Å². The molecule has 4 rings (SSSR count). The van der Waals surface area contributed by atoms with Crippen molar-refractivity contribution >= 4 is 5.69 Å². The minimum atomic E-state index is -0.270. The Morgan fingerprint density at radius 3 is 2.76 bits per heavy atom. The van der Waals surface area contributed by atoms with Gasteiger partial charge < -0.3 is 9.88 Å². The molecule has 0 aliphatic carbocycles. The summed E-state index contributed by atoms with van der Waals surface area (Å²) >= 11 is 0. The van der Waals surface area contributed by atoms with Crippen LogP contribution in [0, 0.1) is 26.6 Å². The van der Waals surface area contributed by atoms with Crippen LogP contribution in [0.5, 0.6) is 0 Å². The Labute approximate surface area is 146 Å². The van der Waals surface area contributed by atoms with E-state index in [0.717, 1.165) is 36.5 Å². The second-order valence-corrected chi connectivity index (χ2v) is 6.76. The topological polar surface area (TPSA) is 44.8 Å². The summed E-state index contributed by atoms with van der Waals surface area (Å²) in [5.74, 6) is -0.270. The van der Waals surface area contributed by atoms with Gasteiger partial charge in [0.25, 0.3) is 0 Å². The summed E-state index contributed by atoms with van der Waals surface area (Å²) in [5, 5.41) is 0. The summed E-state index contributed by atoms with van der Waals surface area (Å²) in [4.78, 5) is 14.3. The van der Waals surface area contributed by atoms with Crippen LogP contribution in [0.2, 0.25) is 0 Å². The maximum absolute atomic E-state index is 13.8. The fourth-order valence-corrected chi connectivity index (χ4v) is 3.58. The predicted octanol–water partition coefficient (Wildman–Crippen LogP) is 4.10. The lowest BCUT2D eigenvalue weighted by Crippen LogP contribution is -2.30. The lowest BCUT2D eigenvalue weighted by atomic mass is 10.0. The van der Waals surface area contributed by atoms with E-state index >= 15 is 0 Å². The molecular weight excluding hydrogens is 315 g/mol. The molecule has 0 bridgehead atoms. The number of aryl methyl sites for hydroxylation is 2. The molecule has 3 aromatic heterocycles. The normalized spacial score (nSPS) is 13.8. The van der Waals surface area contributed by atoms with Crippen LogP contribution in [-0.4, -0.2) is 21.5 Å². The molecule has 4 nitrogen and oxygen atoms in total. The molecule has 128 valence electrons. The molecule has 0 fully saturated rings. The van der Waals surface area contributed by atoms with Crippen LogP contribution in [0.25, 0.3) is 11.3 Å². The summed E-state index contributed by atoms with van der Waals surface area (Å²) in [6.07, 6.45) is 5.88. The Balaban J connectivity index is 1.66. The highest BCUT2D eigenvalue weighted by Gasteiger charge is 2.21. The number of pyridine rings is 2. The van der Waals surface area contributed by atoms with E-state index < -0.39 is 0 Å². The molecule has 0 spiro atoms. The van der Waals surface area contributed by atoms with Gasteiger partial charge in [-0.25, -0.2) is 4.39 Å². The number of aromatic nitrogens is 3. The van der Waals surface area contributed by atoms with Gasteiger partial charge in [-0.05, 0) is 49.6 Å². The summed E-state index contributed by atoms with van der Waals surface area (Å²) in [7, 11) is 0. The molecule has 0 amide bonds. The van der Waals surface area contributed by atoms with E-state index in [-0.39, 0.29) is 5.82 Å². The van der Waals surface area contributed by atoms with Crippen molar-refractivity contribution in [3.05, 3.63) is 64.6 Å². The average molecular weight is 336 g/mol. The molecule has 0 aromatic carbocycles. The van der Waals surface area contributed by atoms with Crippen LogP contribution in [0.3, 0.4) is 0 Å². The molecule has 4 heterocycles. The first kappa shape index (κ1) is 15.8. The van der Waals surface area contributed by atoms with Crippen molar-refractivity contribution in [2.45, 2.75) is 33.7 Å². The second kappa shape index (κ2) is 5.99. The summed E-state index contributed by atoms with van der Waals surface area (Å²) in [5.41, 5.74) is 8.35. The number of hydrogen-bond acceptors (Lipinski definition) is 3. The minimum absolute atomic E-state index is 0.270. The maximum Gasteiger partial charge on any atom is 0.145 e. The lowest BCUT2D eigenvalue weighted by molar-refractivity contribution is 0.612. The highest BCUT2D eigenvalue weighted by atomic mass is 19.1. The number of aromatic amines is 1. The standard InChI is InChI=1S/C20H21FN4/c1-12-6-13(2)23-10-20(12)25-5-4-18-15(11-25)7-19(24-18)16-8-22-9-17(21)14(16)3/h6-10,24H,4-5,11H2,1-3H3. The van der Waals surface area contributed by atoms with E-state index in [1.165, 1.54) is 28.7 Å². The molecule has 0 saturated heterocycles. The smallest absolute Gasteiger partial charge is 0.145 e. The van der Waals surface area contributed by atoms with Gasteiger partial charge >= 0.3 is 0 Å². The number of halogens is 1. The first-order valence-corrected chi connectivity index (χ1v) is 8.52. The van der Waals surface area contributed by atoms with Gasteiger partial charge in [-0.3, -0.25) is 9.97 Å². The minimum Gasteiger partial charge on any atom is -0.365 e. The SMILES string of the molecule is Cc1cc(C)c(N2CCc3[nH]c(-c4cncc(F)c4C)cc3C2)cn1. The number of nitrogens with zero attached hydrogens (tertiary/aromatic N) is 3. The lowest BCUT2D eigenvalue weighted by Gasteiger charge is -2.30. The van der Waals surface area contributed by atoms with E-state index in [4.69, 9.17) is 0 Å².